The van der Waals surface area contributed by atoms with E-state index in [0.717, 1.165) is 0 Å². The van der Waals surface area contributed by atoms with Crippen LogP contribution in [0.2, 0.25) is 0 Å². The van der Waals surface area contributed by atoms with Crippen molar-refractivity contribution in [2.75, 3.05) is 0 Å². The second-order valence-electron chi connectivity index (χ2n) is 6.68. The molecule has 0 spiro atoms. The quantitative estimate of drug-likeness (QED) is 0.222. The molecule has 0 aliphatic heterocycles. The fourth-order valence-corrected chi connectivity index (χ4v) is 2.83. The van der Waals surface area contributed by atoms with Gasteiger partial charge in [-0.15, -0.1) is 0 Å². The second-order valence-corrected chi connectivity index (χ2v) is 11.7. The van der Waals surface area contributed by atoms with E-state index in [1.807, 2.05) is 0 Å². The van der Waals surface area contributed by atoms with E-state index in [9.17, 15) is 0 Å². The molecule has 2 rings (SSSR count). The first kappa shape index (κ1) is 34.3. The van der Waals surface area contributed by atoms with Gasteiger partial charge in [0.2, 0.25) is 0 Å². The maximum absolute atomic E-state index is 7.56. The summed E-state index contributed by atoms with van der Waals surface area (Å²) in [6.45, 7) is -7.61. The molecule has 0 radical (unpaired) electrons. The summed E-state index contributed by atoms with van der Waals surface area (Å²) >= 11 is 7.21. The Morgan fingerprint density at radius 3 is 0.407 bits per heavy atom. The monoisotopic (exact) mass is 492 g/mol. The molecule has 0 heterocycles. The van der Waals surface area contributed by atoms with Gasteiger partial charge < -0.3 is 29.4 Å². The summed E-state index contributed by atoms with van der Waals surface area (Å²) in [7, 11) is 0. The van der Waals surface area contributed by atoms with Gasteiger partial charge in [-0.05, 0) is 23.6 Å². The van der Waals surface area contributed by atoms with Crippen molar-refractivity contribution in [2.24, 2.45) is 0 Å². The van der Waals surface area contributed by atoms with E-state index in [-0.39, 0.29) is 51.4 Å². The predicted octanol–water partition coefficient (Wildman–Crippen LogP) is 3.97. The average molecular weight is 493 g/mol. The van der Waals surface area contributed by atoms with Gasteiger partial charge in [0.05, 0.1) is 0 Å². The third-order valence-corrected chi connectivity index (χ3v) is 4.00. The fourth-order valence-electron chi connectivity index (χ4n) is 2.83. The van der Waals surface area contributed by atoms with Gasteiger partial charge >= 0.3 is 64.8 Å². The van der Waals surface area contributed by atoms with Gasteiger partial charge in [-0.25, -0.2) is 0 Å². The number of hydrogen-bond donors (Lipinski definition) is 6. The van der Waals surface area contributed by atoms with E-state index < -0.39 is 13.4 Å². The van der Waals surface area contributed by atoms with Gasteiger partial charge in [-0.3, -0.25) is 0 Å². The molecule has 0 aromatic heterocycles. The van der Waals surface area contributed by atoms with Crippen LogP contribution in [0.15, 0.2) is 0 Å². The van der Waals surface area contributed by atoms with E-state index in [1.54, 1.807) is 0 Å². The molecule has 2 fully saturated rings. The maximum atomic E-state index is 7.56. The molecule has 0 aromatic carbocycles. The van der Waals surface area contributed by atoms with Crippen molar-refractivity contribution >= 4 is 88.4 Å². The first-order valence-corrected chi connectivity index (χ1v) is 14.9. The summed E-state index contributed by atoms with van der Waals surface area (Å²) in [5.74, 6) is 0. The van der Waals surface area contributed by atoms with Crippen molar-refractivity contribution in [1.82, 2.24) is 0 Å². The molecule has 0 atom stereocenters. The predicted molar refractivity (Wildman–Crippen MR) is 123 cm³/mol. The molecule has 2 aliphatic rings. The van der Waals surface area contributed by atoms with E-state index in [4.69, 9.17) is 29.4 Å². The number of rotatable bonds is 0. The van der Waals surface area contributed by atoms with Crippen LogP contribution >= 0.6 is 13.4 Å². The summed E-state index contributed by atoms with van der Waals surface area (Å²) in [6.07, 6.45) is 24.0. The first-order valence-electron chi connectivity index (χ1n) is 9.57. The Labute approximate surface area is 218 Å². The zero-order valence-electron chi connectivity index (χ0n) is 15.7. The van der Waals surface area contributed by atoms with Gasteiger partial charge in [-0.2, -0.15) is 0 Å². The Kier molecular flexibility index (Phi) is 29.7. The molecular formula is C16H39KO6P2S2. The van der Waals surface area contributed by atoms with Gasteiger partial charge in [0.25, 0.3) is 0 Å². The van der Waals surface area contributed by atoms with Crippen LogP contribution in [0.5, 0.6) is 0 Å². The van der Waals surface area contributed by atoms with E-state index in [1.165, 1.54) is 103 Å². The Morgan fingerprint density at radius 1 is 0.333 bits per heavy atom. The molecule has 6 N–H and O–H groups in total. The normalized spacial score (nSPS) is 18.6. The fraction of sp³-hybridized carbons (Fsp3) is 1.00. The van der Waals surface area contributed by atoms with Crippen LogP contribution in [0, 0.1) is 0 Å². The molecule has 2 aliphatic carbocycles. The summed E-state index contributed by atoms with van der Waals surface area (Å²) in [6, 6.07) is 0. The molecule has 0 amide bonds. The Bertz CT molecular complexity index is 293. The van der Waals surface area contributed by atoms with Gasteiger partial charge in [-0.1, -0.05) is 103 Å². The van der Waals surface area contributed by atoms with Crippen molar-refractivity contribution in [3.05, 3.63) is 0 Å². The SMILES string of the molecule is C1CCCCCCC1.C1CCCCCCC1.OP(O)(O)=S.OP(O)(O)=S.[KH]. The molecule has 162 valence electrons. The van der Waals surface area contributed by atoms with Crippen molar-refractivity contribution in [3.8, 4) is 0 Å². The number of hydrogen-bond acceptors (Lipinski definition) is 2. The van der Waals surface area contributed by atoms with Crippen LogP contribution in [-0.4, -0.2) is 80.7 Å². The van der Waals surface area contributed by atoms with Crippen molar-refractivity contribution in [2.45, 2.75) is 103 Å². The Balaban J connectivity index is -0.000000289. The van der Waals surface area contributed by atoms with Crippen LogP contribution in [0.25, 0.3) is 0 Å². The Morgan fingerprint density at radius 2 is 0.370 bits per heavy atom. The van der Waals surface area contributed by atoms with Crippen LogP contribution in [0.1, 0.15) is 103 Å². The zero-order chi connectivity index (χ0) is 20.3. The molecule has 27 heavy (non-hydrogen) atoms. The summed E-state index contributed by atoms with van der Waals surface area (Å²) < 4.78 is 0. The molecule has 0 unspecified atom stereocenters. The zero-order valence-corrected chi connectivity index (χ0v) is 19.1. The summed E-state index contributed by atoms with van der Waals surface area (Å²) in [5.41, 5.74) is 0. The molecule has 2 saturated carbocycles. The molecule has 0 saturated heterocycles. The van der Waals surface area contributed by atoms with Crippen LogP contribution in [0.4, 0.5) is 0 Å². The van der Waals surface area contributed by atoms with Gasteiger partial charge in [0.1, 0.15) is 0 Å². The van der Waals surface area contributed by atoms with Gasteiger partial charge in [0.15, 0.2) is 0 Å². The van der Waals surface area contributed by atoms with Crippen molar-refractivity contribution in [1.29, 1.82) is 0 Å². The minimum atomic E-state index is -3.81. The Hall–Kier alpha value is 2.70. The molecule has 0 aromatic rings. The second kappa shape index (κ2) is 23.4. The van der Waals surface area contributed by atoms with Crippen molar-refractivity contribution < 1.29 is 29.4 Å². The van der Waals surface area contributed by atoms with E-state index in [2.05, 4.69) is 23.6 Å². The van der Waals surface area contributed by atoms with Gasteiger partial charge in [0, 0.05) is 0 Å². The standard InChI is InChI=1S/2C8H16.K.2H3O3PS.H/c2*1-2-4-6-8-7-5-3-1;;2*1-4(2,3)5;/h2*1-8H2;;2*(H3,1,2,3,5);. The average Bonchev–Trinajstić information content (AvgIpc) is 2.32. The first-order chi connectivity index (χ1) is 12.0. The molecule has 6 nitrogen and oxygen atoms in total. The van der Waals surface area contributed by atoms with Crippen LogP contribution in [-0.2, 0) is 23.6 Å². The van der Waals surface area contributed by atoms with Crippen LogP contribution < -0.4 is 0 Å². The topological polar surface area (TPSA) is 121 Å². The summed E-state index contributed by atoms with van der Waals surface area (Å²) in [4.78, 5) is 45.3. The third kappa shape index (κ3) is 58.5. The molecular weight excluding hydrogens is 453 g/mol. The summed E-state index contributed by atoms with van der Waals surface area (Å²) in [5, 5.41) is 0. The van der Waals surface area contributed by atoms with E-state index in [0.29, 0.717) is 0 Å². The third-order valence-electron chi connectivity index (χ3n) is 4.00. The molecule has 0 bridgehead atoms. The molecule has 11 heteroatoms. The van der Waals surface area contributed by atoms with Crippen LogP contribution in [0.3, 0.4) is 0 Å². The minimum absolute atomic E-state index is 0. The van der Waals surface area contributed by atoms with E-state index >= 15 is 0 Å². The van der Waals surface area contributed by atoms with Crippen molar-refractivity contribution in [3.63, 3.8) is 0 Å².